The van der Waals surface area contributed by atoms with Crippen LogP contribution in [0.25, 0.3) is 0 Å². The van der Waals surface area contributed by atoms with Gasteiger partial charge in [0, 0.05) is 96.3 Å². The van der Waals surface area contributed by atoms with Gasteiger partial charge in [-0.15, -0.1) is 0 Å². The van der Waals surface area contributed by atoms with E-state index in [1.807, 2.05) is 149 Å². The van der Waals surface area contributed by atoms with E-state index in [4.69, 9.17) is 28.7 Å². The van der Waals surface area contributed by atoms with Crippen LogP contribution >= 0.6 is 0 Å². The molecule has 2 aliphatic heterocycles. The van der Waals surface area contributed by atoms with Crippen LogP contribution in [0, 0.1) is 11.8 Å². The van der Waals surface area contributed by atoms with E-state index in [9.17, 15) is 38.4 Å². The number of nitrogens with two attached hydrogens (primary N) is 5. The Hall–Kier alpha value is -10.4. The zero-order valence-electron chi connectivity index (χ0n) is 64.8. The summed E-state index contributed by atoms with van der Waals surface area (Å²) in [7, 11) is 0. The second-order valence-corrected chi connectivity index (χ2v) is 29.5. The number of nitrogens with zero attached hydrogens (tertiary/aromatic N) is 12. The molecule has 108 heavy (non-hydrogen) atoms. The van der Waals surface area contributed by atoms with Gasteiger partial charge in [-0.3, -0.25) is 62.7 Å². The molecule has 0 bridgehead atoms. The maximum Gasteiger partial charge on any atom is 0.245 e. The summed E-state index contributed by atoms with van der Waals surface area (Å²) in [6.45, 7) is 13.8. The number of likely N-dealkylation sites (tertiary alicyclic amines) is 2. The molecular formula is C80H117N17O11. The Morgan fingerprint density at radius 1 is 0.389 bits per heavy atom. The van der Waals surface area contributed by atoms with Crippen LogP contribution in [0.2, 0.25) is 0 Å². The van der Waals surface area contributed by atoms with Gasteiger partial charge in [-0.25, -0.2) is 0 Å². The van der Waals surface area contributed by atoms with Crippen molar-refractivity contribution < 1.29 is 52.7 Å². The molecule has 0 saturated carbocycles. The second-order valence-electron chi connectivity index (χ2n) is 29.5. The van der Waals surface area contributed by atoms with Crippen LogP contribution in [-0.4, -0.2) is 268 Å². The van der Waals surface area contributed by atoms with E-state index in [1.165, 1.54) is 55.9 Å². The van der Waals surface area contributed by atoms with Crippen molar-refractivity contribution in [1.82, 2.24) is 49.0 Å². The number of unbranched alkanes of at least 4 members (excludes halogenated alkanes) is 2. The van der Waals surface area contributed by atoms with Crippen molar-refractivity contribution in [2.45, 2.75) is 150 Å². The number of hydrogen-bond donors (Lipinski definition) is 5. The van der Waals surface area contributed by atoms with E-state index in [1.54, 1.807) is 27.7 Å². The van der Waals surface area contributed by atoms with Crippen LogP contribution in [0.3, 0.4) is 0 Å². The standard InChI is InChI=1S/C80H117N17O11/c1-56(2)44-91(71(101)48-90(60(9)98)46-65(61-28-14-10-15-29-61)62-30-16-11-17-31-62)49-69(99)88(40-24-22-38-86-79(82)83)53-74(104)97(59(7)8)55-76(106)95-43-27-37-68(95)78(108)93(47-66(63-32-18-12-19-33-63)64-34-20-13-21-35-64)51-72(102)92(45-57(3)4)50-70(100)89(41-25-23-39-87-80(84)85)52-73(103)96(58(5)6)54-75(105)94-42-26-36-67(94)77(81)107/h10-21,28-35,56-59,65-68H,22-27,36-55H2,1-9H3,(H2,81,107)(H4,82,83,86)(H4,84,85,87). The predicted molar refractivity (Wildman–Crippen MR) is 416 cm³/mol. The summed E-state index contributed by atoms with van der Waals surface area (Å²) in [4.78, 5) is 182. The van der Waals surface area contributed by atoms with E-state index in [2.05, 4.69) is 9.98 Å². The Kier molecular flexibility index (Phi) is 34.8. The number of benzene rings is 4. The summed E-state index contributed by atoms with van der Waals surface area (Å²) in [6, 6.07) is 35.4. The maximum atomic E-state index is 15.8. The Bertz CT molecular complexity index is 3590. The Labute approximate surface area is 637 Å². The lowest BCUT2D eigenvalue weighted by molar-refractivity contribution is -0.151. The van der Waals surface area contributed by atoms with Crippen LogP contribution in [0.15, 0.2) is 131 Å². The Morgan fingerprint density at radius 3 is 1.04 bits per heavy atom. The monoisotopic (exact) mass is 1490 g/mol. The van der Waals surface area contributed by atoms with E-state index < -0.39 is 128 Å². The molecule has 0 aliphatic carbocycles. The van der Waals surface area contributed by atoms with Gasteiger partial charge in [-0.2, -0.15) is 0 Å². The molecule has 2 atom stereocenters. The van der Waals surface area contributed by atoms with Crippen LogP contribution in [-0.2, 0) is 52.7 Å². The third-order valence-corrected chi connectivity index (χ3v) is 19.4. The number of primary amides is 1. The van der Waals surface area contributed by atoms with Gasteiger partial charge in [-0.1, -0.05) is 149 Å². The van der Waals surface area contributed by atoms with Crippen LogP contribution < -0.4 is 28.7 Å². The molecule has 4 aromatic rings. The fourth-order valence-corrected chi connectivity index (χ4v) is 13.8. The van der Waals surface area contributed by atoms with Crippen LogP contribution in [0.4, 0.5) is 0 Å². The van der Waals surface area contributed by atoms with Crippen molar-refractivity contribution in [1.29, 1.82) is 0 Å². The topological polar surface area (TPSA) is 375 Å². The molecule has 0 spiro atoms. The SMILES string of the molecule is CC(=O)N(CC(=O)N(CC(=O)N(CCCCN=C(N)N)CC(=O)N(CC(=O)N1CCCC1C(=O)N(CC(=O)N(CC(=O)N(CCCCN=C(N)N)CC(=O)N(CC(=O)N1CCCC1C(N)=O)C(C)C)CC(C)C)CC(c1ccccc1)c1ccccc1)C(C)C)CC(C)C)CC(c1ccccc1)c1ccccc1. The van der Waals surface area contributed by atoms with Crippen LogP contribution in [0.1, 0.15) is 148 Å². The van der Waals surface area contributed by atoms with E-state index >= 15 is 14.4 Å². The zero-order chi connectivity index (χ0) is 79.1. The van der Waals surface area contributed by atoms with E-state index in [0.29, 0.717) is 51.5 Å². The van der Waals surface area contributed by atoms with Crippen LogP contribution in [0.5, 0.6) is 0 Å². The van der Waals surface area contributed by atoms with E-state index in [-0.39, 0.29) is 114 Å². The minimum atomic E-state index is -1.10. The molecule has 6 rings (SSSR count). The molecule has 4 aromatic carbocycles. The molecule has 2 unspecified atom stereocenters. The number of amides is 11. The quantitative estimate of drug-likeness (QED) is 0.0238. The van der Waals surface area contributed by atoms with Crippen molar-refractivity contribution in [3.63, 3.8) is 0 Å². The van der Waals surface area contributed by atoms with Gasteiger partial charge in [0.1, 0.15) is 25.2 Å². The highest BCUT2D eigenvalue weighted by molar-refractivity contribution is 5.96. The third-order valence-electron chi connectivity index (χ3n) is 19.4. The molecule has 0 radical (unpaired) electrons. The first-order valence-corrected chi connectivity index (χ1v) is 37.9. The first kappa shape index (κ1) is 86.5. The molecule has 28 nitrogen and oxygen atoms in total. The molecule has 10 N–H and O–H groups in total. The molecule has 588 valence electrons. The molecule has 2 heterocycles. The average Bonchev–Trinajstić information content (AvgIpc) is 1.50. The average molecular weight is 1490 g/mol. The third kappa shape index (κ3) is 27.1. The van der Waals surface area contributed by atoms with Gasteiger partial charge in [0.05, 0.1) is 39.3 Å². The molecule has 0 aromatic heterocycles. The van der Waals surface area contributed by atoms with E-state index in [0.717, 1.165) is 22.3 Å². The maximum absolute atomic E-state index is 15.8. The molecule has 2 fully saturated rings. The van der Waals surface area contributed by atoms with Crippen molar-refractivity contribution in [2.75, 3.05) is 118 Å². The largest absolute Gasteiger partial charge is 0.370 e. The number of carbonyl (C=O) groups excluding carboxylic acids is 11. The summed E-state index contributed by atoms with van der Waals surface area (Å²) >= 11 is 0. The van der Waals surface area contributed by atoms with Gasteiger partial charge in [0.15, 0.2) is 11.9 Å². The summed E-state index contributed by atoms with van der Waals surface area (Å²) in [5, 5.41) is 0. The fraction of sp³-hybridized carbons (Fsp3) is 0.537. The van der Waals surface area contributed by atoms with Gasteiger partial charge in [-0.05, 0) is 113 Å². The van der Waals surface area contributed by atoms with Crippen molar-refractivity contribution in [2.24, 2.45) is 50.5 Å². The highest BCUT2D eigenvalue weighted by atomic mass is 16.2. The lowest BCUT2D eigenvalue weighted by Gasteiger charge is -2.36. The number of rotatable bonds is 42. The summed E-state index contributed by atoms with van der Waals surface area (Å²) in [5.74, 6) is -7.08. The number of aliphatic imine (C=N–C) groups is 2. The molecule has 2 saturated heterocycles. The summed E-state index contributed by atoms with van der Waals surface area (Å²) in [6.07, 6.45) is 3.17. The zero-order valence-corrected chi connectivity index (χ0v) is 64.8. The van der Waals surface area contributed by atoms with Crippen molar-refractivity contribution in [3.8, 4) is 0 Å². The molecular weight excluding hydrogens is 1370 g/mol. The van der Waals surface area contributed by atoms with Gasteiger partial charge in [0.25, 0.3) is 0 Å². The van der Waals surface area contributed by atoms with Crippen molar-refractivity contribution >= 4 is 76.9 Å². The minimum absolute atomic E-state index is 0.0387. The van der Waals surface area contributed by atoms with Gasteiger partial charge < -0.3 is 77.7 Å². The smallest absolute Gasteiger partial charge is 0.245 e. The normalized spacial score (nSPS) is 14.1. The number of carbonyl (C=O) groups is 11. The van der Waals surface area contributed by atoms with Gasteiger partial charge >= 0.3 is 0 Å². The number of hydrogen-bond acceptors (Lipinski definition) is 13. The Balaban J connectivity index is 1.27. The van der Waals surface area contributed by atoms with Crippen molar-refractivity contribution in [3.05, 3.63) is 144 Å². The predicted octanol–water partition coefficient (Wildman–Crippen LogP) is 4.00. The lowest BCUT2D eigenvalue weighted by Crippen LogP contribution is -2.56. The first-order valence-electron chi connectivity index (χ1n) is 37.9. The molecule has 2 aliphatic rings. The summed E-state index contributed by atoms with van der Waals surface area (Å²) in [5.41, 5.74) is 31.7. The first-order chi connectivity index (χ1) is 51.4. The van der Waals surface area contributed by atoms with Gasteiger partial charge in [0.2, 0.25) is 65.0 Å². The summed E-state index contributed by atoms with van der Waals surface area (Å²) < 4.78 is 0. The lowest BCUT2D eigenvalue weighted by atomic mass is 9.90. The fourth-order valence-electron chi connectivity index (χ4n) is 13.8. The highest BCUT2D eigenvalue weighted by Crippen LogP contribution is 2.30. The Morgan fingerprint density at radius 2 is 0.704 bits per heavy atom. The molecule has 28 heteroatoms. The second kappa shape index (κ2) is 43.4. The molecule has 11 amide bonds. The minimum Gasteiger partial charge on any atom is -0.370 e. The highest BCUT2D eigenvalue weighted by Gasteiger charge is 2.41. The number of guanidine groups is 2.